The Balaban J connectivity index is 1.54. The Morgan fingerprint density at radius 2 is 2.03 bits per heavy atom. The molecule has 1 aliphatic rings. The maximum Gasteiger partial charge on any atom is 0.253 e. The number of rotatable bonds is 4. The lowest BCUT2D eigenvalue weighted by molar-refractivity contribution is 0.0762. The van der Waals surface area contributed by atoms with Crippen LogP contribution in [0.25, 0.3) is 0 Å². The molecule has 0 bridgehead atoms. The van der Waals surface area contributed by atoms with E-state index in [9.17, 15) is 14.7 Å². The number of benzene rings is 1. The van der Waals surface area contributed by atoms with Crippen LogP contribution in [0.15, 0.2) is 36.5 Å². The minimum absolute atomic E-state index is 0.0198. The molecule has 2 heterocycles. The van der Waals surface area contributed by atoms with E-state index < -0.39 is 0 Å². The van der Waals surface area contributed by atoms with Crippen LogP contribution < -0.4 is 4.74 Å². The van der Waals surface area contributed by atoms with Gasteiger partial charge in [0.25, 0.3) is 5.91 Å². The average molecular weight is 393 g/mol. The first kappa shape index (κ1) is 20.4. The number of aldehydes is 1. The zero-order valence-electron chi connectivity index (χ0n) is 16.3. The maximum absolute atomic E-state index is 12.7. The van der Waals surface area contributed by atoms with Gasteiger partial charge in [-0.1, -0.05) is 11.8 Å². The molecule has 2 aromatic rings. The number of pyridine rings is 1. The van der Waals surface area contributed by atoms with E-state index in [0.29, 0.717) is 23.2 Å². The van der Waals surface area contributed by atoms with Crippen LogP contribution in [0.5, 0.6) is 11.5 Å². The summed E-state index contributed by atoms with van der Waals surface area (Å²) >= 11 is 0. The van der Waals surface area contributed by atoms with Crippen molar-refractivity contribution in [1.29, 1.82) is 0 Å². The molecule has 29 heavy (non-hydrogen) atoms. The van der Waals surface area contributed by atoms with E-state index >= 15 is 0 Å². The molecular formula is C22H23N3O4. The highest BCUT2D eigenvalue weighted by Crippen LogP contribution is 2.15. The summed E-state index contributed by atoms with van der Waals surface area (Å²) in [5.41, 5.74) is 1.11. The van der Waals surface area contributed by atoms with Gasteiger partial charge in [0.1, 0.15) is 23.8 Å². The summed E-state index contributed by atoms with van der Waals surface area (Å²) in [7, 11) is 2.07. The van der Waals surface area contributed by atoms with Crippen LogP contribution in [0.4, 0.5) is 0 Å². The first-order valence-corrected chi connectivity index (χ1v) is 9.40. The van der Waals surface area contributed by atoms with Crippen LogP contribution in [-0.4, -0.2) is 71.9 Å². The van der Waals surface area contributed by atoms with Crippen LogP contribution >= 0.6 is 0 Å². The summed E-state index contributed by atoms with van der Waals surface area (Å²) in [5, 5.41) is 9.59. The molecule has 0 aliphatic carbocycles. The zero-order chi connectivity index (χ0) is 20.6. The van der Waals surface area contributed by atoms with Crippen molar-refractivity contribution in [3.05, 3.63) is 53.3 Å². The minimum atomic E-state index is -0.205. The van der Waals surface area contributed by atoms with Crippen LogP contribution in [0.2, 0.25) is 0 Å². The second-order valence-corrected chi connectivity index (χ2v) is 6.81. The minimum Gasteiger partial charge on any atom is -0.506 e. The summed E-state index contributed by atoms with van der Waals surface area (Å²) in [6.45, 7) is 3.55. The van der Waals surface area contributed by atoms with E-state index in [-0.39, 0.29) is 24.0 Å². The van der Waals surface area contributed by atoms with Crippen molar-refractivity contribution in [2.24, 2.45) is 0 Å². The smallest absolute Gasteiger partial charge is 0.253 e. The molecule has 0 atom stereocenters. The van der Waals surface area contributed by atoms with Gasteiger partial charge in [0, 0.05) is 37.0 Å². The van der Waals surface area contributed by atoms with Crippen molar-refractivity contribution >= 4 is 12.2 Å². The Kier molecular flexibility index (Phi) is 6.82. The number of carbonyl (C=O) groups excluding carboxylic acids is 2. The normalized spacial score (nSPS) is 14.4. The Morgan fingerprint density at radius 3 is 2.76 bits per heavy atom. The third kappa shape index (κ3) is 5.56. The Bertz CT molecular complexity index is 931. The fourth-order valence-corrected chi connectivity index (χ4v) is 3.01. The number of likely N-dealkylation sites (N-methyl/N-ethyl adjacent to an activating group) is 1. The van der Waals surface area contributed by atoms with Crippen molar-refractivity contribution in [3.63, 3.8) is 0 Å². The third-order valence-corrected chi connectivity index (χ3v) is 4.66. The van der Waals surface area contributed by atoms with E-state index in [1.54, 1.807) is 24.3 Å². The standard InChI is InChI=1S/C22H23N3O4/c1-24-9-3-10-25(12-11-24)22(28)18-5-7-19(8-6-18)29-13-2-4-17-14-21(27)20(16-26)23-15-17/h5-8,14-16,27H,3,9-13H2,1H3. The monoisotopic (exact) mass is 393 g/mol. The first-order valence-electron chi connectivity index (χ1n) is 9.40. The van der Waals surface area contributed by atoms with Gasteiger partial charge in [0.15, 0.2) is 6.29 Å². The molecule has 1 aromatic heterocycles. The Hall–Kier alpha value is -3.37. The lowest BCUT2D eigenvalue weighted by Gasteiger charge is -2.20. The summed E-state index contributed by atoms with van der Waals surface area (Å²) in [4.78, 5) is 31.2. The second-order valence-electron chi connectivity index (χ2n) is 6.81. The topological polar surface area (TPSA) is 83.0 Å². The van der Waals surface area contributed by atoms with Crippen molar-refractivity contribution in [2.75, 3.05) is 39.8 Å². The molecule has 7 nitrogen and oxygen atoms in total. The van der Waals surface area contributed by atoms with Gasteiger partial charge in [-0.2, -0.15) is 0 Å². The molecular weight excluding hydrogens is 370 g/mol. The molecule has 0 unspecified atom stereocenters. The van der Waals surface area contributed by atoms with Gasteiger partial charge in [-0.05, 0) is 50.3 Å². The van der Waals surface area contributed by atoms with Crippen LogP contribution in [0.3, 0.4) is 0 Å². The van der Waals surface area contributed by atoms with E-state index in [4.69, 9.17) is 4.74 Å². The second kappa shape index (κ2) is 9.71. The van der Waals surface area contributed by atoms with E-state index in [1.165, 1.54) is 12.3 Å². The largest absolute Gasteiger partial charge is 0.506 e. The molecule has 3 rings (SSSR count). The van der Waals surface area contributed by atoms with Crippen molar-refractivity contribution < 1.29 is 19.4 Å². The molecule has 0 saturated carbocycles. The number of carbonyl (C=O) groups is 2. The number of aromatic nitrogens is 1. The van der Waals surface area contributed by atoms with Gasteiger partial charge in [-0.25, -0.2) is 4.98 Å². The summed E-state index contributed by atoms with van der Waals surface area (Å²) in [6, 6.07) is 8.42. The average Bonchev–Trinajstić information content (AvgIpc) is 2.96. The number of hydrogen-bond acceptors (Lipinski definition) is 6. The van der Waals surface area contributed by atoms with E-state index in [2.05, 4.69) is 28.8 Å². The number of ether oxygens (including phenoxy) is 1. The first-order chi connectivity index (χ1) is 14.1. The van der Waals surface area contributed by atoms with E-state index in [1.807, 2.05) is 4.90 Å². The van der Waals surface area contributed by atoms with Gasteiger partial charge in [-0.15, -0.1) is 0 Å². The highest BCUT2D eigenvalue weighted by atomic mass is 16.5. The molecule has 0 spiro atoms. The SMILES string of the molecule is CN1CCCN(C(=O)c2ccc(OCC#Cc3cnc(C=O)c(O)c3)cc2)CC1. The lowest BCUT2D eigenvalue weighted by Crippen LogP contribution is -2.34. The van der Waals surface area contributed by atoms with Crippen molar-refractivity contribution in [2.45, 2.75) is 6.42 Å². The summed E-state index contributed by atoms with van der Waals surface area (Å²) < 4.78 is 5.57. The van der Waals surface area contributed by atoms with Crippen molar-refractivity contribution in [3.8, 4) is 23.3 Å². The van der Waals surface area contributed by atoms with Gasteiger partial charge < -0.3 is 19.6 Å². The summed E-state index contributed by atoms with van der Waals surface area (Å²) in [5.74, 6) is 6.08. The highest BCUT2D eigenvalue weighted by molar-refractivity contribution is 5.94. The molecule has 1 aromatic carbocycles. The van der Waals surface area contributed by atoms with E-state index in [0.717, 1.165) is 32.6 Å². The number of amides is 1. The maximum atomic E-state index is 12.7. The van der Waals surface area contributed by atoms with Gasteiger partial charge >= 0.3 is 0 Å². The van der Waals surface area contributed by atoms with Crippen molar-refractivity contribution in [1.82, 2.24) is 14.8 Å². The lowest BCUT2D eigenvalue weighted by atomic mass is 10.2. The van der Waals surface area contributed by atoms with Gasteiger partial charge in [0.2, 0.25) is 0 Å². The molecule has 1 saturated heterocycles. The molecule has 7 heteroatoms. The molecule has 0 radical (unpaired) electrons. The molecule has 150 valence electrons. The fourth-order valence-electron chi connectivity index (χ4n) is 3.01. The molecule has 1 amide bonds. The third-order valence-electron chi connectivity index (χ3n) is 4.66. The van der Waals surface area contributed by atoms with Crippen LogP contribution in [0.1, 0.15) is 32.8 Å². The van der Waals surface area contributed by atoms with Crippen LogP contribution in [-0.2, 0) is 0 Å². The molecule has 1 aliphatic heterocycles. The van der Waals surface area contributed by atoms with Gasteiger partial charge in [0.05, 0.1) is 0 Å². The Morgan fingerprint density at radius 1 is 1.24 bits per heavy atom. The van der Waals surface area contributed by atoms with Crippen LogP contribution in [0, 0.1) is 11.8 Å². The number of nitrogens with zero attached hydrogens (tertiary/aromatic N) is 3. The fraction of sp³-hybridized carbons (Fsp3) is 0.318. The zero-order valence-corrected chi connectivity index (χ0v) is 16.3. The summed E-state index contributed by atoms with van der Waals surface area (Å²) in [6.07, 6.45) is 2.88. The number of hydrogen-bond donors (Lipinski definition) is 1. The quantitative estimate of drug-likeness (QED) is 0.630. The molecule has 1 N–H and O–H groups in total. The Labute approximate surface area is 169 Å². The predicted molar refractivity (Wildman–Crippen MR) is 108 cm³/mol. The number of aromatic hydroxyl groups is 1. The van der Waals surface area contributed by atoms with Gasteiger partial charge in [-0.3, -0.25) is 9.59 Å². The highest BCUT2D eigenvalue weighted by Gasteiger charge is 2.18. The predicted octanol–water partition coefficient (Wildman–Crippen LogP) is 1.81. The molecule has 1 fully saturated rings.